The van der Waals surface area contributed by atoms with Crippen molar-refractivity contribution in [3.8, 4) is 28.5 Å². The lowest BCUT2D eigenvalue weighted by molar-refractivity contribution is 0.774. The highest BCUT2D eigenvalue weighted by Crippen LogP contribution is 2.49. The lowest BCUT2D eigenvalue weighted by Gasteiger charge is -2.19. The van der Waals surface area contributed by atoms with Crippen LogP contribution in [0.25, 0.3) is 44.1 Å². The first kappa shape index (κ1) is 14.6. The Morgan fingerprint density at radius 3 is 2.30 bits per heavy atom. The van der Waals surface area contributed by atoms with Gasteiger partial charge in [0.2, 0.25) is 0 Å². The summed E-state index contributed by atoms with van der Waals surface area (Å²) in [5.41, 5.74) is 8.22. The zero-order valence-corrected chi connectivity index (χ0v) is 14.7. The second-order valence-electron chi connectivity index (χ2n) is 7.21. The number of nitrogens with zero attached hydrogens (tertiary/aromatic N) is 2. The van der Waals surface area contributed by atoms with Gasteiger partial charge in [-0.2, -0.15) is 5.26 Å². The molecule has 0 radical (unpaired) electrons. The largest absolute Gasteiger partial charge is 0.339 e. The van der Waals surface area contributed by atoms with E-state index < -0.39 is 0 Å². The fourth-order valence-corrected chi connectivity index (χ4v) is 4.86. The van der Waals surface area contributed by atoms with Crippen LogP contribution in [0.15, 0.2) is 72.8 Å². The molecule has 0 N–H and O–H groups in total. The van der Waals surface area contributed by atoms with Crippen LogP contribution in [0, 0.1) is 11.3 Å². The maximum atomic E-state index is 10.0. The SMILES string of the molecule is N#Cc1c2n3c4c(cccc4c(-c4ccccc4)c-2c2ccccc12)CC3. The standard InChI is InChI=1S/C25H16N2/c26-15-21-18-10-4-5-11-19(18)23-22(16-7-2-1-3-8-16)20-12-6-9-17-13-14-27(24(17)20)25(21)23/h1-12H,13-14H2. The molecule has 2 heteroatoms. The van der Waals surface area contributed by atoms with Crippen LogP contribution in [0.3, 0.4) is 0 Å². The van der Waals surface area contributed by atoms with Crippen molar-refractivity contribution in [2.45, 2.75) is 13.0 Å². The number of hydrogen-bond acceptors (Lipinski definition) is 1. The first-order valence-electron chi connectivity index (χ1n) is 9.32. The third kappa shape index (κ3) is 1.78. The molecule has 0 aromatic heterocycles. The van der Waals surface area contributed by atoms with Gasteiger partial charge in [0.05, 0.1) is 16.8 Å². The molecule has 126 valence electrons. The molecular weight excluding hydrogens is 328 g/mol. The highest BCUT2D eigenvalue weighted by atomic mass is 15.0. The van der Waals surface area contributed by atoms with E-state index in [1.807, 2.05) is 6.07 Å². The van der Waals surface area contributed by atoms with Gasteiger partial charge in [-0.15, -0.1) is 0 Å². The number of hydrogen-bond donors (Lipinski definition) is 0. The Hall–Kier alpha value is -3.57. The summed E-state index contributed by atoms with van der Waals surface area (Å²) in [6.07, 6.45) is 1.02. The monoisotopic (exact) mass is 344 g/mol. The topological polar surface area (TPSA) is 28.7 Å². The molecule has 3 aromatic carbocycles. The van der Waals surface area contributed by atoms with E-state index in [0.29, 0.717) is 0 Å². The predicted molar refractivity (Wildman–Crippen MR) is 110 cm³/mol. The molecule has 0 saturated carbocycles. The van der Waals surface area contributed by atoms with Crippen molar-refractivity contribution in [1.82, 2.24) is 4.57 Å². The molecule has 0 saturated heterocycles. The van der Waals surface area contributed by atoms with Crippen LogP contribution in [0.5, 0.6) is 0 Å². The Balaban J connectivity index is 1.97. The summed E-state index contributed by atoms with van der Waals surface area (Å²) in [6, 6.07) is 28.1. The number of fused-ring (bicyclic) bond motifs is 4. The number of nitriles is 1. The van der Waals surface area contributed by atoms with Crippen LogP contribution in [0.2, 0.25) is 0 Å². The molecule has 1 aliphatic carbocycles. The second kappa shape index (κ2) is 5.22. The number of para-hydroxylation sites is 1. The summed E-state index contributed by atoms with van der Waals surface area (Å²) in [5.74, 6) is 0. The quantitative estimate of drug-likeness (QED) is 0.367. The van der Waals surface area contributed by atoms with Gasteiger partial charge in [-0.1, -0.05) is 72.8 Å². The highest BCUT2D eigenvalue weighted by Gasteiger charge is 2.29. The maximum absolute atomic E-state index is 10.0. The Morgan fingerprint density at radius 1 is 0.741 bits per heavy atom. The van der Waals surface area contributed by atoms with Crippen LogP contribution in [0.1, 0.15) is 11.1 Å². The fourth-order valence-electron chi connectivity index (χ4n) is 4.86. The van der Waals surface area contributed by atoms with Crippen LogP contribution in [-0.4, -0.2) is 4.57 Å². The van der Waals surface area contributed by atoms with Gasteiger partial charge in [0.25, 0.3) is 0 Å². The van der Waals surface area contributed by atoms with Crippen LogP contribution in [-0.2, 0) is 13.0 Å². The maximum Gasteiger partial charge on any atom is 0.102 e. The highest BCUT2D eigenvalue weighted by molar-refractivity contribution is 6.17. The van der Waals surface area contributed by atoms with Crippen LogP contribution >= 0.6 is 0 Å². The van der Waals surface area contributed by atoms with Crippen LogP contribution in [0.4, 0.5) is 0 Å². The first-order valence-corrected chi connectivity index (χ1v) is 9.32. The van der Waals surface area contributed by atoms with Gasteiger partial charge in [0.1, 0.15) is 6.07 Å². The van der Waals surface area contributed by atoms with Crippen molar-refractivity contribution in [1.29, 1.82) is 5.26 Å². The lowest BCUT2D eigenvalue weighted by atomic mass is 9.92. The summed E-state index contributed by atoms with van der Waals surface area (Å²) in [7, 11) is 0. The minimum Gasteiger partial charge on any atom is -0.339 e. The van der Waals surface area contributed by atoms with E-state index in [1.54, 1.807) is 0 Å². The van der Waals surface area contributed by atoms with E-state index in [9.17, 15) is 5.26 Å². The fraction of sp³-hybridized carbons (Fsp3) is 0.0800. The average molecular weight is 344 g/mol. The summed E-state index contributed by atoms with van der Waals surface area (Å²) >= 11 is 0. The molecule has 0 unspecified atom stereocenters. The number of aromatic nitrogens is 1. The van der Waals surface area contributed by atoms with E-state index in [0.717, 1.165) is 29.6 Å². The normalized spacial score (nSPS) is 12.9. The number of pyridine rings is 1. The predicted octanol–water partition coefficient (Wildman–Crippen LogP) is 5.99. The Bertz CT molecular complexity index is 1370. The van der Waals surface area contributed by atoms with Gasteiger partial charge in [-0.05, 0) is 22.9 Å². The van der Waals surface area contributed by atoms with Crippen molar-refractivity contribution in [3.63, 3.8) is 0 Å². The van der Waals surface area contributed by atoms with E-state index in [2.05, 4.69) is 77.4 Å². The van der Waals surface area contributed by atoms with Gasteiger partial charge in [0.15, 0.2) is 0 Å². The van der Waals surface area contributed by atoms with Gasteiger partial charge in [-0.25, -0.2) is 0 Å². The second-order valence-corrected chi connectivity index (χ2v) is 7.21. The molecule has 3 aliphatic rings. The molecule has 0 spiro atoms. The minimum atomic E-state index is 0.802. The Labute approximate surface area is 157 Å². The number of rotatable bonds is 1. The molecule has 3 aromatic rings. The summed E-state index contributed by atoms with van der Waals surface area (Å²) < 4.78 is 2.38. The third-order valence-electron chi connectivity index (χ3n) is 5.90. The van der Waals surface area contributed by atoms with Gasteiger partial charge >= 0.3 is 0 Å². The van der Waals surface area contributed by atoms with Crippen molar-refractivity contribution >= 4 is 21.7 Å². The molecule has 27 heavy (non-hydrogen) atoms. The molecule has 0 amide bonds. The molecule has 0 bridgehead atoms. The van der Waals surface area contributed by atoms with Gasteiger partial charge in [0, 0.05) is 28.4 Å². The molecule has 2 aliphatic heterocycles. The summed E-state index contributed by atoms with van der Waals surface area (Å²) in [5, 5.41) is 13.5. The summed E-state index contributed by atoms with van der Waals surface area (Å²) in [4.78, 5) is 0. The van der Waals surface area contributed by atoms with Gasteiger partial charge < -0.3 is 4.57 Å². The molecule has 2 nitrogen and oxygen atoms in total. The zero-order valence-electron chi connectivity index (χ0n) is 14.7. The summed E-state index contributed by atoms with van der Waals surface area (Å²) in [6.45, 7) is 0.937. The van der Waals surface area contributed by atoms with Crippen molar-refractivity contribution in [2.75, 3.05) is 0 Å². The first-order chi connectivity index (χ1) is 13.4. The van der Waals surface area contributed by atoms with Crippen molar-refractivity contribution in [3.05, 3.63) is 83.9 Å². The average Bonchev–Trinajstić information content (AvgIpc) is 3.29. The van der Waals surface area contributed by atoms with E-state index in [-0.39, 0.29) is 0 Å². The zero-order chi connectivity index (χ0) is 18.0. The molecule has 2 heterocycles. The lowest BCUT2D eigenvalue weighted by Crippen LogP contribution is -2.03. The Morgan fingerprint density at radius 2 is 1.48 bits per heavy atom. The minimum absolute atomic E-state index is 0.802. The van der Waals surface area contributed by atoms with Crippen molar-refractivity contribution in [2.24, 2.45) is 0 Å². The van der Waals surface area contributed by atoms with E-state index >= 15 is 0 Å². The number of aryl methyl sites for hydroxylation is 2. The van der Waals surface area contributed by atoms with Crippen molar-refractivity contribution < 1.29 is 0 Å². The smallest absolute Gasteiger partial charge is 0.102 e. The Kier molecular flexibility index (Phi) is 2.82. The molecule has 6 rings (SSSR count). The molecular formula is C25H16N2. The number of benzene rings is 3. The van der Waals surface area contributed by atoms with Gasteiger partial charge in [-0.3, -0.25) is 0 Å². The third-order valence-corrected chi connectivity index (χ3v) is 5.90. The van der Waals surface area contributed by atoms with Crippen LogP contribution < -0.4 is 0 Å². The molecule has 0 atom stereocenters. The van der Waals surface area contributed by atoms with E-state index in [1.165, 1.54) is 38.5 Å². The van der Waals surface area contributed by atoms with E-state index in [4.69, 9.17) is 0 Å². The molecule has 0 fully saturated rings.